The van der Waals surface area contributed by atoms with Crippen LogP contribution in [0.15, 0.2) is 24.3 Å². The van der Waals surface area contributed by atoms with Gasteiger partial charge in [-0.05, 0) is 36.0 Å². The number of hydrogen-bond acceptors (Lipinski definition) is 7. The van der Waals surface area contributed by atoms with E-state index in [1.807, 2.05) is 13.8 Å². The lowest BCUT2D eigenvalue weighted by Crippen LogP contribution is -2.58. The Labute approximate surface area is 216 Å². The fourth-order valence-corrected chi connectivity index (χ4v) is 3.55. The fourth-order valence-electron chi connectivity index (χ4n) is 3.55. The zero-order chi connectivity index (χ0) is 28.3. The summed E-state index contributed by atoms with van der Waals surface area (Å²) in [7, 11) is 0. The van der Waals surface area contributed by atoms with Gasteiger partial charge in [-0.25, -0.2) is 4.79 Å². The molecule has 0 saturated heterocycles. The van der Waals surface area contributed by atoms with Gasteiger partial charge in [0, 0.05) is 6.42 Å². The summed E-state index contributed by atoms with van der Waals surface area (Å²) in [5.74, 6) is -5.15. The molecule has 0 radical (unpaired) electrons. The summed E-state index contributed by atoms with van der Waals surface area (Å²) < 4.78 is 0. The number of carboxylic acids is 2. The number of phenols is 1. The molecule has 1 aromatic carbocycles. The first-order chi connectivity index (χ1) is 17.2. The zero-order valence-corrected chi connectivity index (χ0v) is 21.6. The summed E-state index contributed by atoms with van der Waals surface area (Å²) >= 11 is 0. The van der Waals surface area contributed by atoms with Gasteiger partial charge in [0.05, 0.1) is 12.5 Å². The largest absolute Gasteiger partial charge is 0.508 e. The molecule has 0 saturated carbocycles. The summed E-state index contributed by atoms with van der Waals surface area (Å²) in [5, 5.41) is 35.5. The van der Waals surface area contributed by atoms with E-state index < -0.39 is 60.2 Å². The first-order valence-corrected chi connectivity index (χ1v) is 12.1. The molecule has 0 aliphatic heterocycles. The summed E-state index contributed by atoms with van der Waals surface area (Å²) in [6.45, 7) is 7.15. The molecule has 0 spiro atoms. The van der Waals surface area contributed by atoms with Gasteiger partial charge < -0.3 is 37.0 Å². The predicted octanol–water partition coefficient (Wildman–Crippen LogP) is 0.368. The zero-order valence-electron chi connectivity index (χ0n) is 21.6. The Balaban J connectivity index is 3.17. The average Bonchev–Trinajstić information content (AvgIpc) is 2.81. The predicted molar refractivity (Wildman–Crippen MR) is 134 cm³/mol. The van der Waals surface area contributed by atoms with Gasteiger partial charge in [-0.2, -0.15) is 0 Å². The number of carbonyl (C=O) groups excluding carboxylic acids is 3. The van der Waals surface area contributed by atoms with Crippen molar-refractivity contribution < 1.29 is 39.3 Å². The minimum Gasteiger partial charge on any atom is -0.508 e. The van der Waals surface area contributed by atoms with Crippen LogP contribution >= 0.6 is 0 Å². The molecule has 0 heterocycles. The molecule has 0 fully saturated rings. The average molecular weight is 523 g/mol. The Morgan fingerprint density at radius 3 is 1.89 bits per heavy atom. The number of amides is 3. The van der Waals surface area contributed by atoms with Crippen LogP contribution in [0.25, 0.3) is 0 Å². The number of nitrogens with one attached hydrogen (secondary N) is 3. The molecule has 5 atom stereocenters. The van der Waals surface area contributed by atoms with Crippen LogP contribution in [-0.4, -0.2) is 69.1 Å². The highest BCUT2D eigenvalue weighted by atomic mass is 16.4. The van der Waals surface area contributed by atoms with Crippen molar-refractivity contribution in [3.8, 4) is 5.75 Å². The summed E-state index contributed by atoms with van der Waals surface area (Å²) in [5.41, 5.74) is 6.21. The summed E-state index contributed by atoms with van der Waals surface area (Å²) in [4.78, 5) is 61.4. The molecule has 1 aromatic rings. The van der Waals surface area contributed by atoms with Crippen LogP contribution in [0, 0.1) is 11.8 Å². The van der Waals surface area contributed by atoms with Gasteiger partial charge in [0.2, 0.25) is 17.7 Å². The van der Waals surface area contributed by atoms with Gasteiger partial charge >= 0.3 is 11.9 Å². The molecule has 0 aliphatic carbocycles. The van der Waals surface area contributed by atoms with Crippen LogP contribution in [0.3, 0.4) is 0 Å². The van der Waals surface area contributed by atoms with E-state index in [2.05, 4.69) is 16.0 Å². The van der Waals surface area contributed by atoms with Crippen LogP contribution < -0.4 is 21.7 Å². The molecular weight excluding hydrogens is 484 g/mol. The standard InChI is InChI=1S/C25H38N4O8/c1-5-14(4)21(25(36)37)29-24(35)18(10-13(2)3)28-23(34)19(11-15-6-8-16(30)9-7-15)27-22(33)17(26)12-20(31)32/h6-9,13-14,17-19,21,30H,5,10-12,26H2,1-4H3,(H,27,33)(H,28,34)(H,29,35)(H,31,32)(H,36,37). The maximum atomic E-state index is 13.3. The first kappa shape index (κ1) is 31.4. The lowest BCUT2D eigenvalue weighted by atomic mass is 9.97. The van der Waals surface area contributed by atoms with Gasteiger partial charge in [-0.3, -0.25) is 19.2 Å². The molecule has 206 valence electrons. The Morgan fingerprint density at radius 1 is 0.865 bits per heavy atom. The van der Waals surface area contributed by atoms with Crippen LogP contribution in [0.4, 0.5) is 0 Å². The van der Waals surface area contributed by atoms with Crippen LogP contribution in [0.5, 0.6) is 5.75 Å². The lowest BCUT2D eigenvalue weighted by Gasteiger charge is -2.27. The van der Waals surface area contributed by atoms with Crippen LogP contribution in [0.2, 0.25) is 0 Å². The number of hydrogen-bond donors (Lipinski definition) is 7. The summed E-state index contributed by atoms with van der Waals surface area (Å²) in [6, 6.07) is 1.01. The van der Waals surface area contributed by atoms with Crippen LogP contribution in [-0.2, 0) is 30.4 Å². The Bertz CT molecular complexity index is 951. The second kappa shape index (κ2) is 14.8. The van der Waals surface area contributed by atoms with Crippen molar-refractivity contribution in [1.29, 1.82) is 0 Å². The molecule has 0 bridgehead atoms. The van der Waals surface area contributed by atoms with E-state index in [9.17, 15) is 34.2 Å². The number of phenolic OH excluding ortho intramolecular Hbond substituents is 1. The number of carboxylic acid groups (broad SMARTS) is 2. The molecule has 3 amide bonds. The van der Waals surface area contributed by atoms with Gasteiger partial charge in [-0.1, -0.05) is 46.2 Å². The number of aliphatic carboxylic acids is 2. The number of nitrogens with two attached hydrogens (primary N) is 1. The Morgan fingerprint density at radius 2 is 1.41 bits per heavy atom. The molecule has 0 aliphatic rings. The molecule has 37 heavy (non-hydrogen) atoms. The van der Waals surface area contributed by atoms with E-state index in [-0.39, 0.29) is 30.4 Å². The maximum Gasteiger partial charge on any atom is 0.326 e. The fraction of sp³-hybridized carbons (Fsp3) is 0.560. The number of carbonyl (C=O) groups is 5. The highest BCUT2D eigenvalue weighted by molar-refractivity contribution is 5.94. The molecule has 0 aromatic heterocycles. The lowest BCUT2D eigenvalue weighted by molar-refractivity contribution is -0.144. The number of rotatable bonds is 15. The minimum atomic E-state index is -1.41. The third-order valence-electron chi connectivity index (χ3n) is 5.86. The molecular formula is C25H38N4O8. The van der Waals surface area contributed by atoms with E-state index >= 15 is 0 Å². The minimum absolute atomic E-state index is 0.000211. The molecule has 12 nitrogen and oxygen atoms in total. The van der Waals surface area contributed by atoms with Crippen molar-refractivity contribution in [1.82, 2.24) is 16.0 Å². The SMILES string of the molecule is CCC(C)C(NC(=O)C(CC(C)C)NC(=O)C(Cc1ccc(O)cc1)NC(=O)C(N)CC(=O)O)C(=O)O. The quantitative estimate of drug-likeness (QED) is 0.169. The van der Waals surface area contributed by atoms with E-state index in [1.54, 1.807) is 26.0 Å². The van der Waals surface area contributed by atoms with Crippen LogP contribution in [0.1, 0.15) is 52.5 Å². The molecule has 12 heteroatoms. The monoisotopic (exact) mass is 522 g/mol. The van der Waals surface area contributed by atoms with Gasteiger partial charge in [0.1, 0.15) is 23.9 Å². The topological polar surface area (TPSA) is 208 Å². The van der Waals surface area contributed by atoms with E-state index in [0.717, 1.165) is 0 Å². The highest BCUT2D eigenvalue weighted by Gasteiger charge is 2.32. The Hall–Kier alpha value is -3.67. The van der Waals surface area contributed by atoms with E-state index in [0.29, 0.717) is 12.0 Å². The second-order valence-corrected chi connectivity index (χ2v) is 9.54. The van der Waals surface area contributed by atoms with Crippen molar-refractivity contribution in [3.05, 3.63) is 29.8 Å². The smallest absolute Gasteiger partial charge is 0.326 e. The first-order valence-electron chi connectivity index (χ1n) is 12.1. The van der Waals surface area contributed by atoms with Crippen molar-refractivity contribution >= 4 is 29.7 Å². The van der Waals surface area contributed by atoms with Crippen molar-refractivity contribution in [2.75, 3.05) is 0 Å². The van der Waals surface area contributed by atoms with Crippen molar-refractivity contribution in [2.24, 2.45) is 17.6 Å². The van der Waals surface area contributed by atoms with Gasteiger partial charge in [0.25, 0.3) is 0 Å². The van der Waals surface area contributed by atoms with Gasteiger partial charge in [-0.15, -0.1) is 0 Å². The number of benzene rings is 1. The maximum absolute atomic E-state index is 13.3. The normalized spacial score (nSPS) is 15.1. The third kappa shape index (κ3) is 10.9. The summed E-state index contributed by atoms with van der Waals surface area (Å²) in [6.07, 6.45) is 0.0147. The molecule has 5 unspecified atom stereocenters. The van der Waals surface area contributed by atoms with E-state index in [4.69, 9.17) is 10.8 Å². The third-order valence-corrected chi connectivity index (χ3v) is 5.86. The second-order valence-electron chi connectivity index (χ2n) is 9.54. The molecule has 8 N–H and O–H groups in total. The van der Waals surface area contributed by atoms with Crippen molar-refractivity contribution in [3.63, 3.8) is 0 Å². The van der Waals surface area contributed by atoms with Gasteiger partial charge in [0.15, 0.2) is 0 Å². The number of aromatic hydroxyl groups is 1. The highest BCUT2D eigenvalue weighted by Crippen LogP contribution is 2.14. The van der Waals surface area contributed by atoms with Crippen molar-refractivity contribution in [2.45, 2.75) is 77.5 Å². The molecule has 1 rings (SSSR count). The van der Waals surface area contributed by atoms with E-state index in [1.165, 1.54) is 12.1 Å². The Kier molecular flexibility index (Phi) is 12.5.